The van der Waals surface area contributed by atoms with Gasteiger partial charge in [-0.3, -0.25) is 0 Å². The Kier molecular flexibility index (Phi) is 6.40. The lowest BCUT2D eigenvalue weighted by atomic mass is 9.78. The molecule has 0 saturated heterocycles. The molecule has 0 aromatic carbocycles. The van der Waals surface area contributed by atoms with Gasteiger partial charge in [0.1, 0.15) is 0 Å². The summed E-state index contributed by atoms with van der Waals surface area (Å²) in [5.41, 5.74) is 0.256. The largest absolute Gasteiger partial charge is 0.310 e. The predicted octanol–water partition coefficient (Wildman–Crippen LogP) is 3.52. The normalized spacial score (nSPS) is 31.8. The summed E-state index contributed by atoms with van der Waals surface area (Å²) in [6, 6.07) is 0. The van der Waals surface area contributed by atoms with Crippen molar-refractivity contribution < 1.29 is 0 Å². The molecular formula is C12H24ClNS. The van der Waals surface area contributed by atoms with E-state index in [0.717, 1.165) is 18.3 Å². The molecule has 0 aromatic heterocycles. The third-order valence-corrected chi connectivity index (χ3v) is 4.72. The van der Waals surface area contributed by atoms with Crippen molar-refractivity contribution in [1.29, 1.82) is 0 Å². The third kappa shape index (κ3) is 4.54. The molecule has 0 aliphatic heterocycles. The summed E-state index contributed by atoms with van der Waals surface area (Å²) in [6.07, 6.45) is 8.62. The highest BCUT2D eigenvalue weighted by molar-refractivity contribution is 7.98. The molecule has 0 bridgehead atoms. The molecule has 15 heavy (non-hydrogen) atoms. The van der Waals surface area contributed by atoms with Gasteiger partial charge >= 0.3 is 0 Å². The lowest BCUT2D eigenvalue weighted by Gasteiger charge is -2.39. The Morgan fingerprint density at radius 2 is 2.07 bits per heavy atom. The van der Waals surface area contributed by atoms with Gasteiger partial charge in [-0.2, -0.15) is 11.8 Å². The number of alkyl halides is 1. The van der Waals surface area contributed by atoms with E-state index >= 15 is 0 Å². The molecule has 1 N–H and O–H groups in total. The number of nitrogens with one attached hydrogen (secondary N) is 1. The number of rotatable bonds is 6. The van der Waals surface area contributed by atoms with E-state index in [2.05, 4.69) is 18.5 Å². The summed E-state index contributed by atoms with van der Waals surface area (Å²) in [5, 5.41) is 3.69. The highest BCUT2D eigenvalue weighted by Crippen LogP contribution is 2.32. The Morgan fingerprint density at radius 3 is 2.60 bits per heavy atom. The first kappa shape index (κ1) is 13.7. The lowest BCUT2D eigenvalue weighted by Crippen LogP contribution is -2.49. The van der Waals surface area contributed by atoms with E-state index in [1.807, 2.05) is 11.8 Å². The van der Waals surface area contributed by atoms with Crippen molar-refractivity contribution in [2.75, 3.05) is 24.4 Å². The molecule has 0 aromatic rings. The fraction of sp³-hybridized carbons (Fsp3) is 1.00. The minimum absolute atomic E-state index is 0.256. The van der Waals surface area contributed by atoms with Crippen molar-refractivity contribution in [2.24, 2.45) is 5.92 Å². The van der Waals surface area contributed by atoms with Crippen LogP contribution in [0.2, 0.25) is 0 Å². The summed E-state index contributed by atoms with van der Waals surface area (Å²) in [7, 11) is 0. The zero-order valence-corrected chi connectivity index (χ0v) is 11.6. The minimum atomic E-state index is 0.256. The third-order valence-electron chi connectivity index (χ3n) is 3.51. The molecule has 0 radical (unpaired) electrons. The van der Waals surface area contributed by atoms with E-state index in [1.165, 1.54) is 37.9 Å². The molecular weight excluding hydrogens is 226 g/mol. The molecule has 0 spiro atoms. The minimum Gasteiger partial charge on any atom is -0.310 e. The van der Waals surface area contributed by atoms with Gasteiger partial charge in [0.25, 0.3) is 0 Å². The van der Waals surface area contributed by atoms with Gasteiger partial charge in [-0.1, -0.05) is 6.92 Å². The average molecular weight is 250 g/mol. The van der Waals surface area contributed by atoms with Crippen LogP contribution in [0.15, 0.2) is 0 Å². The molecule has 1 fully saturated rings. The molecule has 1 aliphatic carbocycles. The molecule has 90 valence electrons. The van der Waals surface area contributed by atoms with Crippen LogP contribution < -0.4 is 5.32 Å². The van der Waals surface area contributed by atoms with E-state index < -0.39 is 0 Å². The van der Waals surface area contributed by atoms with Gasteiger partial charge in [0, 0.05) is 11.4 Å². The second kappa shape index (κ2) is 7.03. The summed E-state index contributed by atoms with van der Waals surface area (Å²) < 4.78 is 0. The lowest BCUT2D eigenvalue weighted by molar-refractivity contribution is 0.218. The fourth-order valence-electron chi connectivity index (χ4n) is 2.24. The van der Waals surface area contributed by atoms with E-state index in [-0.39, 0.29) is 5.54 Å². The average Bonchev–Trinajstić information content (AvgIpc) is 2.28. The first-order chi connectivity index (χ1) is 7.22. The summed E-state index contributed by atoms with van der Waals surface area (Å²) in [4.78, 5) is 0. The molecule has 0 unspecified atom stereocenters. The Hall–Kier alpha value is 0.600. The van der Waals surface area contributed by atoms with Gasteiger partial charge < -0.3 is 5.32 Å². The van der Waals surface area contributed by atoms with Gasteiger partial charge in [0.15, 0.2) is 0 Å². The van der Waals surface area contributed by atoms with Crippen molar-refractivity contribution in [2.45, 2.75) is 44.6 Å². The van der Waals surface area contributed by atoms with Crippen LogP contribution in [0.4, 0.5) is 0 Å². The van der Waals surface area contributed by atoms with Crippen LogP contribution in [0.25, 0.3) is 0 Å². The van der Waals surface area contributed by atoms with Gasteiger partial charge in [-0.15, -0.1) is 11.6 Å². The van der Waals surface area contributed by atoms with Crippen LogP contribution in [-0.2, 0) is 0 Å². The van der Waals surface area contributed by atoms with Gasteiger partial charge in [0.2, 0.25) is 0 Å². The van der Waals surface area contributed by atoms with Crippen molar-refractivity contribution in [1.82, 2.24) is 5.32 Å². The SMILES string of the molecule is CSCCCNC1(CCl)CCC(C)CC1. The Labute approximate surface area is 104 Å². The molecule has 0 atom stereocenters. The van der Waals surface area contributed by atoms with E-state index in [1.54, 1.807) is 0 Å². The van der Waals surface area contributed by atoms with Crippen molar-refractivity contribution in [3.05, 3.63) is 0 Å². The maximum absolute atomic E-state index is 6.13. The molecule has 3 heteroatoms. The second-order valence-corrected chi connectivity index (χ2v) is 6.12. The van der Waals surface area contributed by atoms with E-state index in [9.17, 15) is 0 Å². The number of halogens is 1. The highest BCUT2D eigenvalue weighted by Gasteiger charge is 2.32. The van der Waals surface area contributed by atoms with Crippen LogP contribution in [-0.4, -0.2) is 30.0 Å². The monoisotopic (exact) mass is 249 g/mol. The quantitative estimate of drug-likeness (QED) is 0.571. The van der Waals surface area contributed by atoms with E-state index in [4.69, 9.17) is 11.6 Å². The smallest absolute Gasteiger partial charge is 0.0406 e. The molecule has 0 heterocycles. The predicted molar refractivity (Wildman–Crippen MR) is 72.1 cm³/mol. The van der Waals surface area contributed by atoms with Crippen LogP contribution in [0, 0.1) is 5.92 Å². The fourth-order valence-corrected chi connectivity index (χ4v) is 3.04. The van der Waals surface area contributed by atoms with Gasteiger partial charge in [0.05, 0.1) is 0 Å². The zero-order chi connectivity index (χ0) is 11.1. The Morgan fingerprint density at radius 1 is 1.40 bits per heavy atom. The molecule has 0 amide bonds. The Bertz CT molecular complexity index is 167. The standard InChI is InChI=1S/C12H24ClNS/c1-11-4-6-12(10-13,7-5-11)14-8-3-9-15-2/h11,14H,3-10H2,1-2H3. The van der Waals surface area contributed by atoms with Crippen molar-refractivity contribution in [3.63, 3.8) is 0 Å². The second-order valence-electron chi connectivity index (χ2n) is 4.87. The van der Waals surface area contributed by atoms with E-state index in [0.29, 0.717) is 0 Å². The topological polar surface area (TPSA) is 12.0 Å². The van der Waals surface area contributed by atoms with Crippen LogP contribution in [0.5, 0.6) is 0 Å². The molecule has 1 nitrogen and oxygen atoms in total. The summed E-state index contributed by atoms with van der Waals surface area (Å²) in [6.45, 7) is 3.48. The number of hydrogen-bond acceptors (Lipinski definition) is 2. The molecule has 1 rings (SSSR count). The van der Waals surface area contributed by atoms with Gasteiger partial charge in [-0.05, 0) is 56.6 Å². The summed E-state index contributed by atoms with van der Waals surface area (Å²) in [5.74, 6) is 2.93. The maximum Gasteiger partial charge on any atom is 0.0406 e. The number of hydrogen-bond donors (Lipinski definition) is 1. The Balaban J connectivity index is 2.27. The maximum atomic E-state index is 6.13. The number of thioether (sulfide) groups is 1. The first-order valence-electron chi connectivity index (χ1n) is 6.02. The zero-order valence-electron chi connectivity index (χ0n) is 10.0. The highest BCUT2D eigenvalue weighted by atomic mass is 35.5. The van der Waals surface area contributed by atoms with Crippen molar-refractivity contribution >= 4 is 23.4 Å². The van der Waals surface area contributed by atoms with Crippen LogP contribution in [0.1, 0.15) is 39.0 Å². The summed E-state index contributed by atoms with van der Waals surface area (Å²) >= 11 is 8.05. The molecule has 1 saturated carbocycles. The molecule has 1 aliphatic rings. The van der Waals surface area contributed by atoms with Gasteiger partial charge in [-0.25, -0.2) is 0 Å². The van der Waals surface area contributed by atoms with Crippen LogP contribution >= 0.6 is 23.4 Å². The first-order valence-corrected chi connectivity index (χ1v) is 7.95. The van der Waals surface area contributed by atoms with Crippen LogP contribution in [0.3, 0.4) is 0 Å². The van der Waals surface area contributed by atoms with Crippen molar-refractivity contribution in [3.8, 4) is 0 Å².